The lowest BCUT2D eigenvalue weighted by Crippen LogP contribution is -2.28. The molecule has 0 saturated heterocycles. The molecule has 0 radical (unpaired) electrons. The van der Waals surface area contributed by atoms with Gasteiger partial charge in [-0.05, 0) is 50.1 Å². The lowest BCUT2D eigenvalue weighted by atomic mass is 9.88. The van der Waals surface area contributed by atoms with Gasteiger partial charge < -0.3 is 14.7 Å². The highest BCUT2D eigenvalue weighted by Crippen LogP contribution is 2.48. The van der Waals surface area contributed by atoms with E-state index >= 15 is 0 Å². The van der Waals surface area contributed by atoms with Crippen molar-refractivity contribution < 1.29 is 9.84 Å². The Morgan fingerprint density at radius 3 is 2.75 bits per heavy atom. The SMILES string of the molecule is COc1ccc(CN(C)CC2CC3CCC2C3)c(O)c1. The maximum Gasteiger partial charge on any atom is 0.123 e. The predicted octanol–water partition coefficient (Wildman–Crippen LogP) is 3.27. The lowest BCUT2D eigenvalue weighted by Gasteiger charge is -2.27. The van der Waals surface area contributed by atoms with Gasteiger partial charge in [-0.2, -0.15) is 0 Å². The van der Waals surface area contributed by atoms with Crippen molar-refractivity contribution >= 4 is 0 Å². The summed E-state index contributed by atoms with van der Waals surface area (Å²) in [6, 6.07) is 5.58. The molecule has 1 aromatic rings. The molecular weight excluding hydrogens is 250 g/mol. The summed E-state index contributed by atoms with van der Waals surface area (Å²) in [5.41, 5.74) is 0.983. The summed E-state index contributed by atoms with van der Waals surface area (Å²) in [4.78, 5) is 2.35. The van der Waals surface area contributed by atoms with Crippen LogP contribution < -0.4 is 4.74 Å². The number of hydrogen-bond acceptors (Lipinski definition) is 3. The molecule has 3 heteroatoms. The zero-order valence-electron chi connectivity index (χ0n) is 12.5. The second-order valence-corrected chi connectivity index (χ2v) is 6.63. The van der Waals surface area contributed by atoms with E-state index in [1.165, 1.54) is 25.7 Å². The van der Waals surface area contributed by atoms with Crippen molar-refractivity contribution in [1.29, 1.82) is 0 Å². The van der Waals surface area contributed by atoms with Crippen molar-refractivity contribution in [3.63, 3.8) is 0 Å². The minimum absolute atomic E-state index is 0.337. The third kappa shape index (κ3) is 2.78. The van der Waals surface area contributed by atoms with Gasteiger partial charge in [0.1, 0.15) is 11.5 Å². The normalized spacial score (nSPS) is 28.2. The first-order valence-corrected chi connectivity index (χ1v) is 7.70. The first kappa shape index (κ1) is 13.7. The number of phenols is 1. The maximum absolute atomic E-state index is 10.0. The number of aromatic hydroxyl groups is 1. The summed E-state index contributed by atoms with van der Waals surface area (Å²) in [6.07, 6.45) is 5.79. The van der Waals surface area contributed by atoms with Crippen molar-refractivity contribution in [2.75, 3.05) is 20.7 Å². The summed E-state index contributed by atoms with van der Waals surface area (Å²) >= 11 is 0. The maximum atomic E-state index is 10.0. The number of phenolic OH excluding ortho intramolecular Hbond substituents is 1. The van der Waals surface area contributed by atoms with Gasteiger partial charge in [-0.25, -0.2) is 0 Å². The van der Waals surface area contributed by atoms with E-state index in [9.17, 15) is 5.11 Å². The fourth-order valence-corrected chi connectivity index (χ4v) is 4.16. The van der Waals surface area contributed by atoms with Crippen molar-refractivity contribution in [2.24, 2.45) is 17.8 Å². The minimum atomic E-state index is 0.337. The Bertz CT molecular complexity index is 474. The smallest absolute Gasteiger partial charge is 0.123 e. The molecule has 0 amide bonds. The van der Waals surface area contributed by atoms with Crippen molar-refractivity contribution in [1.82, 2.24) is 4.90 Å². The predicted molar refractivity (Wildman–Crippen MR) is 79.9 cm³/mol. The van der Waals surface area contributed by atoms with Gasteiger partial charge in [0.25, 0.3) is 0 Å². The van der Waals surface area contributed by atoms with E-state index in [0.29, 0.717) is 11.5 Å². The average molecular weight is 275 g/mol. The zero-order valence-corrected chi connectivity index (χ0v) is 12.5. The Morgan fingerprint density at radius 2 is 2.15 bits per heavy atom. The highest BCUT2D eigenvalue weighted by molar-refractivity contribution is 5.39. The first-order valence-electron chi connectivity index (χ1n) is 7.70. The molecule has 3 atom stereocenters. The molecule has 20 heavy (non-hydrogen) atoms. The lowest BCUT2D eigenvalue weighted by molar-refractivity contribution is 0.213. The quantitative estimate of drug-likeness (QED) is 0.895. The molecule has 2 fully saturated rings. The third-order valence-corrected chi connectivity index (χ3v) is 5.16. The number of rotatable bonds is 5. The molecule has 3 unspecified atom stereocenters. The fourth-order valence-electron chi connectivity index (χ4n) is 4.16. The monoisotopic (exact) mass is 275 g/mol. The molecule has 0 aromatic heterocycles. The van der Waals surface area contributed by atoms with Crippen LogP contribution in [-0.2, 0) is 6.54 Å². The number of fused-ring (bicyclic) bond motifs is 2. The van der Waals surface area contributed by atoms with Crippen LogP contribution in [0.3, 0.4) is 0 Å². The molecule has 0 aliphatic heterocycles. The van der Waals surface area contributed by atoms with Crippen LogP contribution in [0.1, 0.15) is 31.2 Å². The van der Waals surface area contributed by atoms with E-state index in [0.717, 1.165) is 36.4 Å². The summed E-state index contributed by atoms with van der Waals surface area (Å²) in [5, 5.41) is 10.0. The Morgan fingerprint density at radius 1 is 1.30 bits per heavy atom. The average Bonchev–Trinajstić information content (AvgIpc) is 3.03. The van der Waals surface area contributed by atoms with Crippen LogP contribution in [0.2, 0.25) is 0 Å². The number of ether oxygens (including phenoxy) is 1. The highest BCUT2D eigenvalue weighted by Gasteiger charge is 2.39. The number of hydrogen-bond donors (Lipinski definition) is 1. The van der Waals surface area contributed by atoms with Gasteiger partial charge in [-0.1, -0.05) is 12.5 Å². The molecule has 2 saturated carbocycles. The summed E-state index contributed by atoms with van der Waals surface area (Å²) < 4.78 is 5.12. The molecular formula is C17H25NO2. The van der Waals surface area contributed by atoms with Gasteiger partial charge in [0.2, 0.25) is 0 Å². The van der Waals surface area contributed by atoms with Crippen LogP contribution in [0.5, 0.6) is 11.5 Å². The standard InChI is InChI=1S/C17H25NO2/c1-18(11-15-8-12-3-4-13(15)7-12)10-14-5-6-16(20-2)9-17(14)19/h5-6,9,12-13,15,19H,3-4,7-8,10-11H2,1-2H3. The number of benzene rings is 1. The Balaban J connectivity index is 1.57. The second kappa shape index (κ2) is 5.65. The van der Waals surface area contributed by atoms with Crippen molar-refractivity contribution in [3.8, 4) is 11.5 Å². The van der Waals surface area contributed by atoms with Gasteiger partial charge in [0.15, 0.2) is 0 Å². The molecule has 1 aromatic carbocycles. The molecule has 0 spiro atoms. The Hall–Kier alpha value is -1.22. The van der Waals surface area contributed by atoms with Crippen LogP contribution in [-0.4, -0.2) is 30.7 Å². The number of methoxy groups -OCH3 is 1. The van der Waals surface area contributed by atoms with Crippen LogP contribution in [0, 0.1) is 17.8 Å². The fraction of sp³-hybridized carbons (Fsp3) is 0.647. The summed E-state index contributed by atoms with van der Waals surface area (Å²) in [7, 11) is 3.78. The molecule has 3 rings (SSSR count). The van der Waals surface area contributed by atoms with E-state index in [-0.39, 0.29) is 0 Å². The topological polar surface area (TPSA) is 32.7 Å². The molecule has 1 N–H and O–H groups in total. The highest BCUT2D eigenvalue weighted by atomic mass is 16.5. The molecule has 3 nitrogen and oxygen atoms in total. The van der Waals surface area contributed by atoms with E-state index in [1.807, 2.05) is 12.1 Å². The van der Waals surface area contributed by atoms with E-state index in [2.05, 4.69) is 11.9 Å². The van der Waals surface area contributed by atoms with Gasteiger partial charge in [0.05, 0.1) is 7.11 Å². The van der Waals surface area contributed by atoms with Gasteiger partial charge >= 0.3 is 0 Å². The van der Waals surface area contributed by atoms with E-state index in [4.69, 9.17) is 4.74 Å². The van der Waals surface area contributed by atoms with Gasteiger partial charge in [0, 0.05) is 24.7 Å². The summed E-state index contributed by atoms with van der Waals surface area (Å²) in [5.74, 6) is 3.89. The molecule has 2 aliphatic rings. The van der Waals surface area contributed by atoms with Crippen LogP contribution >= 0.6 is 0 Å². The van der Waals surface area contributed by atoms with Crippen LogP contribution in [0.15, 0.2) is 18.2 Å². The van der Waals surface area contributed by atoms with E-state index < -0.39 is 0 Å². The summed E-state index contributed by atoms with van der Waals surface area (Å²) in [6.45, 7) is 1.97. The zero-order chi connectivity index (χ0) is 14.1. The Kier molecular flexibility index (Phi) is 3.88. The Labute approximate surface area is 121 Å². The molecule has 0 heterocycles. The van der Waals surface area contributed by atoms with Crippen molar-refractivity contribution in [3.05, 3.63) is 23.8 Å². The molecule has 110 valence electrons. The third-order valence-electron chi connectivity index (χ3n) is 5.16. The minimum Gasteiger partial charge on any atom is -0.507 e. The van der Waals surface area contributed by atoms with E-state index in [1.54, 1.807) is 13.2 Å². The van der Waals surface area contributed by atoms with Crippen LogP contribution in [0.25, 0.3) is 0 Å². The first-order chi connectivity index (χ1) is 9.65. The molecule has 2 aliphatic carbocycles. The largest absolute Gasteiger partial charge is 0.507 e. The van der Waals surface area contributed by atoms with Gasteiger partial charge in [-0.3, -0.25) is 0 Å². The number of nitrogens with zero attached hydrogens (tertiary/aromatic N) is 1. The molecule has 2 bridgehead atoms. The van der Waals surface area contributed by atoms with Crippen molar-refractivity contribution in [2.45, 2.75) is 32.2 Å². The van der Waals surface area contributed by atoms with Crippen LogP contribution in [0.4, 0.5) is 0 Å². The second-order valence-electron chi connectivity index (χ2n) is 6.63. The van der Waals surface area contributed by atoms with Gasteiger partial charge in [-0.15, -0.1) is 0 Å².